The van der Waals surface area contributed by atoms with E-state index in [0.717, 1.165) is 12.3 Å². The SMILES string of the molecule is CCCNC(C(C)C)C(C)c1cccc(OC)c1. The molecular weight excluding hydrogens is 222 g/mol. The first kappa shape index (κ1) is 15.0. The van der Waals surface area contributed by atoms with Gasteiger partial charge in [-0.15, -0.1) is 0 Å². The molecule has 0 spiro atoms. The van der Waals surface area contributed by atoms with Crippen LogP contribution in [0.25, 0.3) is 0 Å². The minimum Gasteiger partial charge on any atom is -0.497 e. The van der Waals surface area contributed by atoms with Crippen molar-refractivity contribution in [3.63, 3.8) is 0 Å². The monoisotopic (exact) mass is 249 g/mol. The van der Waals surface area contributed by atoms with Gasteiger partial charge >= 0.3 is 0 Å². The Morgan fingerprint density at radius 2 is 1.94 bits per heavy atom. The summed E-state index contributed by atoms with van der Waals surface area (Å²) < 4.78 is 5.31. The molecule has 1 aromatic carbocycles. The summed E-state index contributed by atoms with van der Waals surface area (Å²) in [5.41, 5.74) is 1.34. The Balaban J connectivity index is 2.83. The van der Waals surface area contributed by atoms with Crippen LogP contribution < -0.4 is 10.1 Å². The molecule has 0 saturated heterocycles. The highest BCUT2D eigenvalue weighted by Gasteiger charge is 2.21. The number of methoxy groups -OCH3 is 1. The van der Waals surface area contributed by atoms with Gasteiger partial charge in [-0.05, 0) is 42.5 Å². The molecule has 0 amide bonds. The van der Waals surface area contributed by atoms with Crippen LogP contribution in [0.4, 0.5) is 0 Å². The Labute approximate surface area is 112 Å². The lowest BCUT2D eigenvalue weighted by Crippen LogP contribution is -2.38. The van der Waals surface area contributed by atoms with E-state index in [1.165, 1.54) is 12.0 Å². The maximum Gasteiger partial charge on any atom is 0.119 e. The molecule has 0 heterocycles. The smallest absolute Gasteiger partial charge is 0.119 e. The Morgan fingerprint density at radius 1 is 1.22 bits per heavy atom. The fourth-order valence-electron chi connectivity index (χ4n) is 2.43. The molecule has 0 saturated carbocycles. The van der Waals surface area contributed by atoms with E-state index < -0.39 is 0 Å². The Hall–Kier alpha value is -1.02. The van der Waals surface area contributed by atoms with Crippen molar-refractivity contribution in [1.29, 1.82) is 0 Å². The molecule has 0 aliphatic heterocycles. The van der Waals surface area contributed by atoms with Gasteiger partial charge in [0.1, 0.15) is 5.75 Å². The van der Waals surface area contributed by atoms with Gasteiger partial charge in [0.15, 0.2) is 0 Å². The third-order valence-corrected chi connectivity index (χ3v) is 3.51. The van der Waals surface area contributed by atoms with Crippen LogP contribution in [-0.4, -0.2) is 19.7 Å². The van der Waals surface area contributed by atoms with Crippen molar-refractivity contribution in [3.8, 4) is 5.75 Å². The molecule has 102 valence electrons. The normalized spacial score (nSPS) is 14.6. The number of rotatable bonds is 7. The van der Waals surface area contributed by atoms with Crippen LogP contribution in [0.1, 0.15) is 45.6 Å². The van der Waals surface area contributed by atoms with Gasteiger partial charge in [-0.3, -0.25) is 0 Å². The fraction of sp³-hybridized carbons (Fsp3) is 0.625. The molecule has 1 N–H and O–H groups in total. The van der Waals surface area contributed by atoms with E-state index in [9.17, 15) is 0 Å². The molecule has 18 heavy (non-hydrogen) atoms. The van der Waals surface area contributed by atoms with E-state index in [0.29, 0.717) is 17.9 Å². The minimum atomic E-state index is 0.492. The van der Waals surface area contributed by atoms with Crippen molar-refractivity contribution in [1.82, 2.24) is 5.32 Å². The van der Waals surface area contributed by atoms with E-state index in [1.807, 2.05) is 6.07 Å². The second kappa shape index (κ2) is 7.42. The summed E-state index contributed by atoms with van der Waals surface area (Å²) in [6.45, 7) is 10.1. The summed E-state index contributed by atoms with van der Waals surface area (Å²) >= 11 is 0. The molecule has 0 aliphatic carbocycles. The van der Waals surface area contributed by atoms with Crippen molar-refractivity contribution >= 4 is 0 Å². The molecule has 2 nitrogen and oxygen atoms in total. The van der Waals surface area contributed by atoms with Crippen molar-refractivity contribution in [3.05, 3.63) is 29.8 Å². The summed E-state index contributed by atoms with van der Waals surface area (Å²) in [5, 5.41) is 3.66. The van der Waals surface area contributed by atoms with E-state index in [1.54, 1.807) is 7.11 Å². The first-order chi connectivity index (χ1) is 8.60. The molecule has 0 fully saturated rings. The lowest BCUT2D eigenvalue weighted by Gasteiger charge is -2.29. The van der Waals surface area contributed by atoms with Crippen molar-refractivity contribution in [2.75, 3.05) is 13.7 Å². The van der Waals surface area contributed by atoms with Gasteiger partial charge in [-0.1, -0.05) is 39.8 Å². The summed E-state index contributed by atoms with van der Waals surface area (Å²) in [4.78, 5) is 0. The zero-order chi connectivity index (χ0) is 13.5. The second-order valence-electron chi connectivity index (χ2n) is 5.29. The lowest BCUT2D eigenvalue weighted by molar-refractivity contribution is 0.352. The maximum absolute atomic E-state index is 5.31. The molecule has 0 bridgehead atoms. The Kier molecular flexibility index (Phi) is 6.20. The van der Waals surface area contributed by atoms with Crippen molar-refractivity contribution < 1.29 is 4.74 Å². The predicted molar refractivity (Wildman–Crippen MR) is 78.3 cm³/mol. The highest BCUT2D eigenvalue weighted by atomic mass is 16.5. The lowest BCUT2D eigenvalue weighted by atomic mass is 9.86. The Bertz CT molecular complexity index is 349. The van der Waals surface area contributed by atoms with Crippen molar-refractivity contribution in [2.45, 2.75) is 46.1 Å². The quantitative estimate of drug-likeness (QED) is 0.793. The summed E-state index contributed by atoms with van der Waals surface area (Å²) in [6, 6.07) is 8.92. The molecular formula is C16H27NO. The highest BCUT2D eigenvalue weighted by Crippen LogP contribution is 2.26. The molecule has 0 radical (unpaired) electrons. The largest absolute Gasteiger partial charge is 0.497 e. The molecule has 1 rings (SSSR count). The summed E-state index contributed by atoms with van der Waals surface area (Å²) in [5.74, 6) is 2.06. The first-order valence-corrected chi connectivity index (χ1v) is 6.97. The zero-order valence-electron chi connectivity index (χ0n) is 12.4. The molecule has 2 atom stereocenters. The van der Waals surface area contributed by atoms with Crippen LogP contribution in [0.3, 0.4) is 0 Å². The number of benzene rings is 1. The number of hydrogen-bond acceptors (Lipinski definition) is 2. The third kappa shape index (κ3) is 4.02. The standard InChI is InChI=1S/C16H27NO/c1-6-10-17-16(12(2)3)13(4)14-8-7-9-15(11-14)18-5/h7-9,11-13,16-17H,6,10H2,1-5H3. The molecule has 2 unspecified atom stereocenters. The van der Waals surface area contributed by atoms with E-state index in [2.05, 4.69) is 51.2 Å². The van der Waals surface area contributed by atoms with E-state index in [-0.39, 0.29) is 0 Å². The molecule has 1 aromatic rings. The second-order valence-corrected chi connectivity index (χ2v) is 5.29. The predicted octanol–water partition coefficient (Wildman–Crippen LogP) is 3.82. The molecule has 0 aliphatic rings. The van der Waals surface area contributed by atoms with Crippen LogP contribution in [0.15, 0.2) is 24.3 Å². The number of ether oxygens (including phenoxy) is 1. The first-order valence-electron chi connectivity index (χ1n) is 6.97. The maximum atomic E-state index is 5.31. The van der Waals surface area contributed by atoms with Crippen LogP contribution in [0.5, 0.6) is 5.75 Å². The van der Waals surface area contributed by atoms with E-state index >= 15 is 0 Å². The highest BCUT2D eigenvalue weighted by molar-refractivity contribution is 5.31. The average Bonchev–Trinajstić information content (AvgIpc) is 2.38. The van der Waals surface area contributed by atoms with Gasteiger partial charge in [0.25, 0.3) is 0 Å². The average molecular weight is 249 g/mol. The van der Waals surface area contributed by atoms with Crippen LogP contribution in [-0.2, 0) is 0 Å². The van der Waals surface area contributed by atoms with Crippen molar-refractivity contribution in [2.24, 2.45) is 5.92 Å². The zero-order valence-corrected chi connectivity index (χ0v) is 12.4. The van der Waals surface area contributed by atoms with Gasteiger partial charge in [-0.25, -0.2) is 0 Å². The van der Waals surface area contributed by atoms with Gasteiger partial charge in [0, 0.05) is 6.04 Å². The van der Waals surface area contributed by atoms with Gasteiger partial charge in [-0.2, -0.15) is 0 Å². The van der Waals surface area contributed by atoms with Crippen LogP contribution in [0.2, 0.25) is 0 Å². The van der Waals surface area contributed by atoms with Crippen LogP contribution >= 0.6 is 0 Å². The Morgan fingerprint density at radius 3 is 2.50 bits per heavy atom. The number of nitrogens with one attached hydrogen (secondary N) is 1. The number of hydrogen-bond donors (Lipinski definition) is 1. The van der Waals surface area contributed by atoms with E-state index in [4.69, 9.17) is 4.74 Å². The van der Waals surface area contributed by atoms with Crippen LogP contribution in [0, 0.1) is 5.92 Å². The third-order valence-electron chi connectivity index (χ3n) is 3.51. The summed E-state index contributed by atoms with van der Waals surface area (Å²) in [6.07, 6.45) is 1.17. The topological polar surface area (TPSA) is 21.3 Å². The minimum absolute atomic E-state index is 0.492. The molecule has 2 heteroatoms. The van der Waals surface area contributed by atoms with Gasteiger partial charge < -0.3 is 10.1 Å². The van der Waals surface area contributed by atoms with Gasteiger partial charge in [0.2, 0.25) is 0 Å². The summed E-state index contributed by atoms with van der Waals surface area (Å²) in [7, 11) is 1.72. The molecule has 0 aromatic heterocycles. The van der Waals surface area contributed by atoms with Gasteiger partial charge in [0.05, 0.1) is 7.11 Å². The fourth-order valence-corrected chi connectivity index (χ4v) is 2.43.